The molecule has 0 spiro atoms. The molecule has 1 aromatic carbocycles. The van der Waals surface area contributed by atoms with Gasteiger partial charge >= 0.3 is 0 Å². The molecule has 0 radical (unpaired) electrons. The minimum Gasteiger partial charge on any atom is -0.439 e. The Balaban J connectivity index is 1.78. The lowest BCUT2D eigenvalue weighted by Crippen LogP contribution is -1.96. The van der Waals surface area contributed by atoms with Gasteiger partial charge in [0.1, 0.15) is 5.52 Å². The third kappa shape index (κ3) is 2.39. The third-order valence-electron chi connectivity index (χ3n) is 3.77. The highest BCUT2D eigenvalue weighted by atomic mass is 79.9. The highest BCUT2D eigenvalue weighted by Crippen LogP contribution is 2.30. The molecular weight excluding hydrogens is 292 g/mol. The van der Waals surface area contributed by atoms with Crippen LogP contribution in [-0.4, -0.2) is 4.98 Å². The largest absolute Gasteiger partial charge is 0.439 e. The molecule has 3 nitrogen and oxygen atoms in total. The number of aryl methyl sites for hydroxylation is 1. The van der Waals surface area contributed by atoms with Crippen LogP contribution in [0.2, 0.25) is 0 Å². The highest BCUT2D eigenvalue weighted by Gasteiger charge is 2.16. The zero-order valence-corrected chi connectivity index (χ0v) is 11.9. The molecule has 1 heterocycles. The van der Waals surface area contributed by atoms with E-state index >= 15 is 0 Å². The number of fused-ring (bicyclic) bond motifs is 1. The molecule has 1 aliphatic carbocycles. The van der Waals surface area contributed by atoms with Crippen molar-refractivity contribution in [3.8, 4) is 0 Å². The number of rotatable bonds is 3. The Bertz CT molecular complexity index is 558. The summed E-state index contributed by atoms with van der Waals surface area (Å²) in [4.78, 5) is 4.52. The van der Waals surface area contributed by atoms with Gasteiger partial charge in [0.25, 0.3) is 0 Å². The van der Waals surface area contributed by atoms with Crippen molar-refractivity contribution in [3.63, 3.8) is 0 Å². The van der Waals surface area contributed by atoms with Crippen LogP contribution in [-0.2, 0) is 6.42 Å². The molecule has 0 bridgehead atoms. The summed E-state index contributed by atoms with van der Waals surface area (Å²) < 4.78 is 6.70. The van der Waals surface area contributed by atoms with Gasteiger partial charge in [0, 0.05) is 10.9 Å². The van der Waals surface area contributed by atoms with Crippen LogP contribution in [0.4, 0.5) is 5.69 Å². The summed E-state index contributed by atoms with van der Waals surface area (Å²) in [6.45, 7) is 0. The van der Waals surface area contributed by atoms with Gasteiger partial charge in [-0.2, -0.15) is 0 Å². The van der Waals surface area contributed by atoms with Crippen molar-refractivity contribution in [1.29, 1.82) is 0 Å². The summed E-state index contributed by atoms with van der Waals surface area (Å²) >= 11 is 3.42. The number of halogens is 1. The minimum absolute atomic E-state index is 0.652. The molecule has 1 aromatic heterocycles. The Morgan fingerprint density at radius 1 is 1.33 bits per heavy atom. The maximum atomic E-state index is 5.92. The average Bonchev–Trinajstić information content (AvgIpc) is 2.93. The van der Waals surface area contributed by atoms with E-state index in [2.05, 4.69) is 20.9 Å². The number of hydrogen-bond donors (Lipinski definition) is 1. The first kappa shape index (κ1) is 12.0. The summed E-state index contributed by atoms with van der Waals surface area (Å²) in [5, 5.41) is 0. The zero-order chi connectivity index (χ0) is 12.5. The van der Waals surface area contributed by atoms with Crippen molar-refractivity contribution < 1.29 is 4.42 Å². The lowest BCUT2D eigenvalue weighted by atomic mass is 10.0. The molecule has 1 fully saturated rings. The lowest BCUT2D eigenvalue weighted by Gasteiger charge is -2.05. The van der Waals surface area contributed by atoms with E-state index in [1.54, 1.807) is 0 Å². The van der Waals surface area contributed by atoms with Crippen LogP contribution in [0, 0.1) is 5.92 Å². The smallest absolute Gasteiger partial charge is 0.195 e. The van der Waals surface area contributed by atoms with E-state index in [9.17, 15) is 0 Å². The van der Waals surface area contributed by atoms with Gasteiger partial charge in [-0.05, 0) is 24.5 Å². The predicted molar refractivity (Wildman–Crippen MR) is 76.4 cm³/mol. The molecule has 0 aliphatic heterocycles. The molecule has 0 unspecified atom stereocenters. The molecule has 0 atom stereocenters. The number of benzene rings is 1. The van der Waals surface area contributed by atoms with E-state index in [1.165, 1.54) is 32.1 Å². The molecule has 2 N–H and O–H groups in total. The Morgan fingerprint density at radius 3 is 2.89 bits per heavy atom. The van der Waals surface area contributed by atoms with Crippen LogP contribution in [0.3, 0.4) is 0 Å². The van der Waals surface area contributed by atoms with Crippen LogP contribution < -0.4 is 5.73 Å². The standard InChI is InChI=1S/C14H17BrN2O/c15-10-7-11(16)14-12(8-10)17-13(18-14)6-5-9-3-1-2-4-9/h7-9H,1-6,16H2. The second kappa shape index (κ2) is 4.92. The fraction of sp³-hybridized carbons (Fsp3) is 0.500. The van der Waals surface area contributed by atoms with Crippen molar-refractivity contribution in [2.24, 2.45) is 5.92 Å². The van der Waals surface area contributed by atoms with E-state index in [0.717, 1.165) is 33.8 Å². The number of hydrogen-bond acceptors (Lipinski definition) is 3. The van der Waals surface area contributed by atoms with Gasteiger partial charge in [0.2, 0.25) is 0 Å². The second-order valence-electron chi connectivity index (χ2n) is 5.14. The monoisotopic (exact) mass is 308 g/mol. The Hall–Kier alpha value is -1.03. The quantitative estimate of drug-likeness (QED) is 0.860. The molecular formula is C14H17BrN2O. The van der Waals surface area contributed by atoms with E-state index in [0.29, 0.717) is 5.69 Å². The summed E-state index contributed by atoms with van der Waals surface area (Å²) in [7, 11) is 0. The molecule has 1 aliphatic rings. The van der Waals surface area contributed by atoms with Crippen LogP contribution in [0.5, 0.6) is 0 Å². The first-order chi connectivity index (χ1) is 8.72. The predicted octanol–water partition coefficient (Wildman–Crippen LogP) is 4.30. The Labute approximate surface area is 115 Å². The van der Waals surface area contributed by atoms with E-state index in [-0.39, 0.29) is 0 Å². The van der Waals surface area contributed by atoms with Gasteiger partial charge in [-0.15, -0.1) is 0 Å². The normalized spacial score (nSPS) is 16.7. The van der Waals surface area contributed by atoms with Crippen LogP contribution >= 0.6 is 15.9 Å². The topological polar surface area (TPSA) is 52.0 Å². The number of nitrogens with two attached hydrogens (primary N) is 1. The summed E-state index contributed by atoms with van der Waals surface area (Å²) in [5.74, 6) is 1.69. The SMILES string of the molecule is Nc1cc(Br)cc2nc(CCC3CCCC3)oc12. The number of aromatic nitrogens is 1. The Morgan fingerprint density at radius 2 is 2.11 bits per heavy atom. The van der Waals surface area contributed by atoms with Crippen LogP contribution in [0.25, 0.3) is 11.1 Å². The molecule has 96 valence electrons. The molecule has 0 amide bonds. The van der Waals surface area contributed by atoms with Crippen molar-refractivity contribution in [2.75, 3.05) is 5.73 Å². The highest BCUT2D eigenvalue weighted by molar-refractivity contribution is 9.10. The Kier molecular flexibility index (Phi) is 3.29. The first-order valence-electron chi connectivity index (χ1n) is 6.57. The van der Waals surface area contributed by atoms with Gasteiger partial charge in [-0.25, -0.2) is 4.98 Å². The maximum absolute atomic E-state index is 5.92. The fourth-order valence-corrected chi connectivity index (χ4v) is 3.27. The maximum Gasteiger partial charge on any atom is 0.195 e. The average molecular weight is 309 g/mol. The van der Waals surface area contributed by atoms with Crippen molar-refractivity contribution in [3.05, 3.63) is 22.5 Å². The van der Waals surface area contributed by atoms with Crippen LogP contribution in [0.1, 0.15) is 38.0 Å². The summed E-state index contributed by atoms with van der Waals surface area (Å²) in [6, 6.07) is 3.81. The van der Waals surface area contributed by atoms with E-state index < -0.39 is 0 Å². The lowest BCUT2D eigenvalue weighted by molar-refractivity contribution is 0.452. The molecule has 1 saturated carbocycles. The molecule has 4 heteroatoms. The summed E-state index contributed by atoms with van der Waals surface area (Å²) in [6.07, 6.45) is 7.63. The van der Waals surface area contributed by atoms with Crippen molar-refractivity contribution in [2.45, 2.75) is 38.5 Å². The number of anilines is 1. The van der Waals surface area contributed by atoms with E-state index in [1.807, 2.05) is 12.1 Å². The number of nitrogen functional groups attached to an aromatic ring is 1. The second-order valence-corrected chi connectivity index (χ2v) is 6.06. The minimum atomic E-state index is 0.652. The van der Waals surface area contributed by atoms with Crippen LogP contribution in [0.15, 0.2) is 21.0 Å². The first-order valence-corrected chi connectivity index (χ1v) is 7.36. The third-order valence-corrected chi connectivity index (χ3v) is 4.23. The van der Waals surface area contributed by atoms with Gasteiger partial charge in [0.05, 0.1) is 5.69 Å². The molecule has 18 heavy (non-hydrogen) atoms. The van der Waals surface area contributed by atoms with Crippen molar-refractivity contribution >= 4 is 32.7 Å². The van der Waals surface area contributed by atoms with Gasteiger partial charge in [0.15, 0.2) is 11.5 Å². The van der Waals surface area contributed by atoms with Gasteiger partial charge in [-0.1, -0.05) is 41.6 Å². The fourth-order valence-electron chi connectivity index (χ4n) is 2.80. The summed E-state index contributed by atoms with van der Waals surface area (Å²) in [5.41, 5.74) is 8.15. The van der Waals surface area contributed by atoms with E-state index in [4.69, 9.17) is 10.2 Å². The zero-order valence-electron chi connectivity index (χ0n) is 10.3. The molecule has 0 saturated heterocycles. The van der Waals surface area contributed by atoms with Crippen molar-refractivity contribution in [1.82, 2.24) is 4.98 Å². The number of nitrogens with zero attached hydrogens (tertiary/aromatic N) is 1. The number of oxazole rings is 1. The van der Waals surface area contributed by atoms with Gasteiger partial charge < -0.3 is 10.2 Å². The van der Waals surface area contributed by atoms with Gasteiger partial charge in [-0.3, -0.25) is 0 Å². The molecule has 3 rings (SSSR count). The molecule has 2 aromatic rings.